The summed E-state index contributed by atoms with van der Waals surface area (Å²) < 4.78 is 0. The molecule has 0 radical (unpaired) electrons. The van der Waals surface area contributed by atoms with E-state index in [-0.39, 0.29) is 11.9 Å². The molecule has 0 fully saturated rings. The number of amides is 1. The number of benzene rings is 1. The molecule has 24 heavy (non-hydrogen) atoms. The van der Waals surface area contributed by atoms with Crippen molar-refractivity contribution in [3.8, 4) is 16.6 Å². The third-order valence-corrected chi connectivity index (χ3v) is 5.55. The number of thiazole rings is 1. The van der Waals surface area contributed by atoms with E-state index in [0.717, 1.165) is 21.8 Å². The number of nitrogens with zero attached hydrogens (tertiary/aromatic N) is 2. The average Bonchev–Trinajstić information content (AvgIpc) is 3.24. The van der Waals surface area contributed by atoms with Gasteiger partial charge in [-0.3, -0.25) is 4.79 Å². The number of hydrogen-bond acceptors (Lipinski definition) is 5. The van der Waals surface area contributed by atoms with Crippen LogP contribution in [0.4, 0.5) is 0 Å². The molecule has 0 aliphatic rings. The van der Waals surface area contributed by atoms with Gasteiger partial charge in [0.05, 0.1) is 23.4 Å². The van der Waals surface area contributed by atoms with Gasteiger partial charge in [-0.1, -0.05) is 12.1 Å². The third-order valence-electron chi connectivity index (χ3n) is 3.66. The molecule has 0 aliphatic heterocycles. The fourth-order valence-electron chi connectivity index (χ4n) is 2.31. The highest BCUT2D eigenvalue weighted by atomic mass is 32.1. The molecule has 1 aromatic carbocycles. The number of carbonyl (C=O) groups excluding carboxylic acids is 1. The van der Waals surface area contributed by atoms with Crippen molar-refractivity contribution in [1.82, 2.24) is 10.3 Å². The number of carbonyl (C=O) groups is 1. The van der Waals surface area contributed by atoms with Crippen LogP contribution in [0, 0.1) is 18.3 Å². The van der Waals surface area contributed by atoms with Crippen molar-refractivity contribution in [2.24, 2.45) is 0 Å². The molecule has 0 bridgehead atoms. The molecular formula is C18H15N3OS2. The SMILES string of the molecule is Cc1nc(-c2ccsc2)sc1C(=O)NC(C)c1ccc(C#N)cc1. The Morgan fingerprint density at radius 2 is 2.04 bits per heavy atom. The van der Waals surface area contributed by atoms with Gasteiger partial charge in [-0.25, -0.2) is 4.98 Å². The van der Waals surface area contributed by atoms with Gasteiger partial charge in [0.1, 0.15) is 9.88 Å². The normalized spacial score (nSPS) is 11.7. The van der Waals surface area contributed by atoms with Crippen LogP contribution in [0.15, 0.2) is 41.1 Å². The maximum Gasteiger partial charge on any atom is 0.263 e. The number of aromatic nitrogens is 1. The van der Waals surface area contributed by atoms with Gasteiger partial charge in [-0.05, 0) is 43.0 Å². The first-order valence-corrected chi connectivity index (χ1v) is 9.15. The highest BCUT2D eigenvalue weighted by Gasteiger charge is 2.18. The Balaban J connectivity index is 1.76. The predicted molar refractivity (Wildman–Crippen MR) is 97.2 cm³/mol. The lowest BCUT2D eigenvalue weighted by Crippen LogP contribution is -2.26. The lowest BCUT2D eigenvalue weighted by atomic mass is 10.1. The molecule has 120 valence electrons. The Kier molecular flexibility index (Phi) is 4.74. The molecule has 1 unspecified atom stereocenters. The van der Waals surface area contributed by atoms with Gasteiger partial charge in [0.25, 0.3) is 5.91 Å². The zero-order valence-electron chi connectivity index (χ0n) is 13.2. The van der Waals surface area contributed by atoms with Gasteiger partial charge in [-0.2, -0.15) is 16.6 Å². The molecule has 2 aromatic heterocycles. The van der Waals surface area contributed by atoms with Crippen LogP contribution in [0.5, 0.6) is 0 Å². The Morgan fingerprint density at radius 3 is 2.67 bits per heavy atom. The van der Waals surface area contributed by atoms with Crippen LogP contribution in [0.2, 0.25) is 0 Å². The first kappa shape index (κ1) is 16.4. The third kappa shape index (κ3) is 3.37. The van der Waals surface area contributed by atoms with E-state index >= 15 is 0 Å². The van der Waals surface area contributed by atoms with Gasteiger partial charge in [0.15, 0.2) is 0 Å². The van der Waals surface area contributed by atoms with Gasteiger partial charge in [-0.15, -0.1) is 11.3 Å². The predicted octanol–water partition coefficient (Wildman–Crippen LogP) is 4.54. The molecule has 4 nitrogen and oxygen atoms in total. The molecule has 2 heterocycles. The second-order valence-electron chi connectivity index (χ2n) is 5.37. The van der Waals surface area contributed by atoms with Crippen LogP contribution in [0.25, 0.3) is 10.6 Å². The van der Waals surface area contributed by atoms with E-state index in [0.29, 0.717) is 10.4 Å². The minimum atomic E-state index is -0.142. The smallest absolute Gasteiger partial charge is 0.263 e. The zero-order chi connectivity index (χ0) is 17.1. The van der Waals surface area contributed by atoms with E-state index in [1.54, 1.807) is 23.5 Å². The van der Waals surface area contributed by atoms with E-state index in [4.69, 9.17) is 5.26 Å². The van der Waals surface area contributed by atoms with Crippen LogP contribution in [0.1, 0.15) is 39.5 Å². The first-order chi connectivity index (χ1) is 11.6. The molecular weight excluding hydrogens is 338 g/mol. The number of hydrogen-bond donors (Lipinski definition) is 1. The molecule has 1 atom stereocenters. The lowest BCUT2D eigenvalue weighted by molar-refractivity contribution is 0.0943. The maximum absolute atomic E-state index is 12.6. The monoisotopic (exact) mass is 353 g/mol. The van der Waals surface area contributed by atoms with E-state index in [9.17, 15) is 4.79 Å². The Hall–Kier alpha value is -2.49. The first-order valence-electron chi connectivity index (χ1n) is 7.39. The highest BCUT2D eigenvalue weighted by molar-refractivity contribution is 7.17. The summed E-state index contributed by atoms with van der Waals surface area (Å²) in [7, 11) is 0. The van der Waals surface area contributed by atoms with Crippen LogP contribution < -0.4 is 5.32 Å². The summed E-state index contributed by atoms with van der Waals surface area (Å²) in [6.07, 6.45) is 0. The molecule has 0 aliphatic carbocycles. The maximum atomic E-state index is 12.6. The highest BCUT2D eigenvalue weighted by Crippen LogP contribution is 2.29. The molecule has 0 saturated heterocycles. The van der Waals surface area contributed by atoms with Crippen molar-refractivity contribution in [2.75, 3.05) is 0 Å². The standard InChI is InChI=1S/C18H15N3OS2/c1-11(14-5-3-13(9-19)4-6-14)20-17(22)16-12(2)21-18(24-16)15-7-8-23-10-15/h3-8,10-11H,1-2H3,(H,20,22). The molecule has 1 N–H and O–H groups in total. The van der Waals surface area contributed by atoms with Crippen molar-refractivity contribution < 1.29 is 4.79 Å². The minimum Gasteiger partial charge on any atom is -0.345 e. The molecule has 3 aromatic rings. The van der Waals surface area contributed by atoms with Gasteiger partial charge < -0.3 is 5.32 Å². The number of nitrogens with one attached hydrogen (secondary N) is 1. The molecule has 1 amide bonds. The quantitative estimate of drug-likeness (QED) is 0.749. The summed E-state index contributed by atoms with van der Waals surface area (Å²) in [5.74, 6) is -0.122. The van der Waals surface area contributed by atoms with Gasteiger partial charge >= 0.3 is 0 Å². The zero-order valence-corrected chi connectivity index (χ0v) is 14.9. The summed E-state index contributed by atoms with van der Waals surface area (Å²) in [6, 6.07) is 11.2. The Labute approximate surface area is 148 Å². The summed E-state index contributed by atoms with van der Waals surface area (Å²) in [5.41, 5.74) is 3.36. The fraction of sp³-hybridized carbons (Fsp3) is 0.167. The van der Waals surface area contributed by atoms with Crippen molar-refractivity contribution >= 4 is 28.6 Å². The summed E-state index contributed by atoms with van der Waals surface area (Å²) in [4.78, 5) is 17.7. The second kappa shape index (κ2) is 6.95. The van der Waals surface area contributed by atoms with Crippen LogP contribution in [-0.2, 0) is 0 Å². The van der Waals surface area contributed by atoms with Gasteiger partial charge in [0, 0.05) is 10.9 Å². The summed E-state index contributed by atoms with van der Waals surface area (Å²) >= 11 is 3.02. The van der Waals surface area contributed by atoms with E-state index in [1.807, 2.05) is 42.8 Å². The number of aryl methyl sites for hydroxylation is 1. The van der Waals surface area contributed by atoms with Crippen LogP contribution in [-0.4, -0.2) is 10.9 Å². The van der Waals surface area contributed by atoms with Crippen LogP contribution >= 0.6 is 22.7 Å². The molecule has 0 saturated carbocycles. The molecule has 6 heteroatoms. The summed E-state index contributed by atoms with van der Waals surface area (Å²) in [5, 5.41) is 16.7. The van der Waals surface area contributed by atoms with Crippen LogP contribution in [0.3, 0.4) is 0 Å². The van der Waals surface area contributed by atoms with Crippen molar-refractivity contribution in [2.45, 2.75) is 19.9 Å². The Morgan fingerprint density at radius 1 is 1.29 bits per heavy atom. The number of nitriles is 1. The van der Waals surface area contributed by atoms with E-state index in [1.165, 1.54) is 11.3 Å². The Bertz CT molecular complexity index is 889. The van der Waals surface area contributed by atoms with Crippen molar-refractivity contribution in [1.29, 1.82) is 5.26 Å². The topological polar surface area (TPSA) is 65.8 Å². The largest absolute Gasteiger partial charge is 0.345 e. The van der Waals surface area contributed by atoms with Gasteiger partial charge in [0.2, 0.25) is 0 Å². The molecule has 0 spiro atoms. The lowest BCUT2D eigenvalue weighted by Gasteiger charge is -2.13. The van der Waals surface area contributed by atoms with Crippen molar-refractivity contribution in [3.05, 3.63) is 62.8 Å². The van der Waals surface area contributed by atoms with E-state index < -0.39 is 0 Å². The second-order valence-corrected chi connectivity index (χ2v) is 7.15. The van der Waals surface area contributed by atoms with Crippen molar-refractivity contribution in [3.63, 3.8) is 0 Å². The fourth-order valence-corrected chi connectivity index (χ4v) is 3.99. The minimum absolute atomic E-state index is 0.122. The number of thiophene rings is 1. The molecule has 3 rings (SSSR count). The summed E-state index contributed by atoms with van der Waals surface area (Å²) in [6.45, 7) is 3.78. The number of rotatable bonds is 4. The van der Waals surface area contributed by atoms with E-state index in [2.05, 4.69) is 16.4 Å². The average molecular weight is 353 g/mol.